The first kappa shape index (κ1) is 14.0. The highest BCUT2D eigenvalue weighted by Gasteiger charge is 2.24. The summed E-state index contributed by atoms with van der Waals surface area (Å²) in [7, 11) is 0. The molecule has 1 amide bonds. The molecule has 0 bridgehead atoms. The van der Waals surface area contributed by atoms with Gasteiger partial charge in [0.1, 0.15) is 11.5 Å². The summed E-state index contributed by atoms with van der Waals surface area (Å²) in [5, 5.41) is 2.86. The maximum absolute atomic E-state index is 11.9. The molecule has 0 radical (unpaired) electrons. The Morgan fingerprint density at radius 3 is 2.60 bits per heavy atom. The van der Waals surface area contributed by atoms with E-state index in [1.54, 1.807) is 24.5 Å². The predicted molar refractivity (Wildman–Crippen MR) is 75.7 cm³/mol. The molecule has 2 rings (SSSR count). The smallest absolute Gasteiger partial charge is 0.244 e. The van der Waals surface area contributed by atoms with E-state index in [1.807, 2.05) is 32.9 Å². The minimum absolute atomic E-state index is 0.225. The van der Waals surface area contributed by atoms with Crippen LogP contribution in [-0.4, -0.2) is 15.9 Å². The largest absolute Gasteiger partial charge is 0.462 e. The van der Waals surface area contributed by atoms with Gasteiger partial charge in [0.15, 0.2) is 5.82 Å². The van der Waals surface area contributed by atoms with Gasteiger partial charge in [-0.25, -0.2) is 9.97 Å². The van der Waals surface area contributed by atoms with Crippen molar-refractivity contribution < 1.29 is 9.21 Å². The second-order valence-electron chi connectivity index (χ2n) is 4.97. The minimum atomic E-state index is -0.637. The molecule has 0 saturated heterocycles. The van der Waals surface area contributed by atoms with Crippen molar-refractivity contribution in [3.05, 3.63) is 54.0 Å². The summed E-state index contributed by atoms with van der Waals surface area (Å²) in [6.45, 7) is 5.56. The quantitative estimate of drug-likeness (QED) is 0.867. The van der Waals surface area contributed by atoms with Crippen molar-refractivity contribution in [2.24, 2.45) is 0 Å². The van der Waals surface area contributed by atoms with Gasteiger partial charge in [-0.15, -0.1) is 0 Å². The van der Waals surface area contributed by atoms with E-state index >= 15 is 0 Å². The Morgan fingerprint density at radius 1 is 1.30 bits per heavy atom. The standard InChI is InChI=1S/C15H17N3O2/c1-11-5-6-12(20-11)7-8-13(19)18-15(2,3)14-16-9-4-10-17-14/h4-10H,1-3H3,(H,18,19)/b8-7+. The Kier molecular flexibility index (Phi) is 3.98. The summed E-state index contributed by atoms with van der Waals surface area (Å²) in [4.78, 5) is 20.2. The first-order valence-corrected chi connectivity index (χ1v) is 6.31. The van der Waals surface area contributed by atoms with Crippen LogP contribution in [0.2, 0.25) is 0 Å². The zero-order valence-corrected chi connectivity index (χ0v) is 11.8. The van der Waals surface area contributed by atoms with Crippen LogP contribution in [0.1, 0.15) is 31.2 Å². The molecule has 0 spiro atoms. The Hall–Kier alpha value is -2.43. The average Bonchev–Trinajstić information content (AvgIpc) is 2.83. The number of hydrogen-bond donors (Lipinski definition) is 1. The first-order chi connectivity index (χ1) is 9.47. The van der Waals surface area contributed by atoms with Crippen molar-refractivity contribution in [3.63, 3.8) is 0 Å². The second kappa shape index (κ2) is 5.69. The van der Waals surface area contributed by atoms with E-state index in [0.29, 0.717) is 11.6 Å². The van der Waals surface area contributed by atoms with Crippen LogP contribution in [0.4, 0.5) is 0 Å². The normalized spacial score (nSPS) is 11.8. The molecule has 5 heteroatoms. The van der Waals surface area contributed by atoms with E-state index < -0.39 is 5.54 Å². The highest BCUT2D eigenvalue weighted by Crippen LogP contribution is 2.14. The molecule has 1 N–H and O–H groups in total. The van der Waals surface area contributed by atoms with Gasteiger partial charge in [0.25, 0.3) is 0 Å². The van der Waals surface area contributed by atoms with Crippen LogP contribution >= 0.6 is 0 Å². The molecule has 0 aliphatic rings. The molecule has 2 aromatic rings. The van der Waals surface area contributed by atoms with Crippen molar-refractivity contribution in [1.82, 2.24) is 15.3 Å². The number of nitrogens with one attached hydrogen (secondary N) is 1. The third-order valence-electron chi connectivity index (χ3n) is 2.72. The van der Waals surface area contributed by atoms with E-state index in [0.717, 1.165) is 5.76 Å². The van der Waals surface area contributed by atoms with Crippen LogP contribution < -0.4 is 5.32 Å². The first-order valence-electron chi connectivity index (χ1n) is 6.31. The van der Waals surface area contributed by atoms with Gasteiger partial charge >= 0.3 is 0 Å². The lowest BCUT2D eigenvalue weighted by molar-refractivity contribution is -0.118. The van der Waals surface area contributed by atoms with E-state index in [-0.39, 0.29) is 5.91 Å². The lowest BCUT2D eigenvalue weighted by atomic mass is 10.0. The molecule has 0 saturated carbocycles. The molecule has 20 heavy (non-hydrogen) atoms. The van der Waals surface area contributed by atoms with Gasteiger partial charge in [-0.05, 0) is 45.0 Å². The minimum Gasteiger partial charge on any atom is -0.462 e. The van der Waals surface area contributed by atoms with Crippen LogP contribution in [0.25, 0.3) is 6.08 Å². The number of amides is 1. The summed E-state index contributed by atoms with van der Waals surface area (Å²) >= 11 is 0. The number of carbonyl (C=O) groups is 1. The molecule has 0 unspecified atom stereocenters. The van der Waals surface area contributed by atoms with Crippen molar-refractivity contribution in [3.8, 4) is 0 Å². The zero-order chi connectivity index (χ0) is 14.6. The fraction of sp³-hybridized carbons (Fsp3) is 0.267. The Morgan fingerprint density at radius 2 is 2.00 bits per heavy atom. The monoisotopic (exact) mass is 271 g/mol. The number of aromatic nitrogens is 2. The Labute approximate surface area is 117 Å². The van der Waals surface area contributed by atoms with Gasteiger partial charge in [0, 0.05) is 18.5 Å². The molecule has 2 aromatic heterocycles. The summed E-state index contributed by atoms with van der Waals surface area (Å²) in [5.74, 6) is 1.79. The molecule has 0 aliphatic carbocycles. The van der Waals surface area contributed by atoms with Crippen LogP contribution in [0, 0.1) is 6.92 Å². The van der Waals surface area contributed by atoms with Crippen LogP contribution in [0.15, 0.2) is 41.1 Å². The maximum Gasteiger partial charge on any atom is 0.244 e. The molecule has 2 heterocycles. The van der Waals surface area contributed by atoms with Crippen molar-refractivity contribution in [2.45, 2.75) is 26.3 Å². The van der Waals surface area contributed by atoms with E-state index in [1.165, 1.54) is 6.08 Å². The Bertz CT molecular complexity index is 615. The number of nitrogens with zero attached hydrogens (tertiary/aromatic N) is 2. The van der Waals surface area contributed by atoms with Gasteiger partial charge in [-0.3, -0.25) is 4.79 Å². The molecule has 0 atom stereocenters. The molecule has 0 aromatic carbocycles. The third-order valence-corrected chi connectivity index (χ3v) is 2.72. The SMILES string of the molecule is Cc1ccc(/C=C/C(=O)NC(C)(C)c2ncccn2)o1. The summed E-state index contributed by atoms with van der Waals surface area (Å²) in [6.07, 6.45) is 6.36. The molecule has 0 fully saturated rings. The molecule has 0 aliphatic heterocycles. The van der Waals surface area contributed by atoms with E-state index in [4.69, 9.17) is 4.42 Å². The molecular weight excluding hydrogens is 254 g/mol. The topological polar surface area (TPSA) is 68.0 Å². The van der Waals surface area contributed by atoms with Crippen molar-refractivity contribution in [2.75, 3.05) is 0 Å². The molecule has 5 nitrogen and oxygen atoms in total. The van der Waals surface area contributed by atoms with Gasteiger partial charge in [0.05, 0.1) is 5.54 Å². The molecule has 104 valence electrons. The number of rotatable bonds is 4. The van der Waals surface area contributed by atoms with Gasteiger partial charge in [-0.2, -0.15) is 0 Å². The Balaban J connectivity index is 2.02. The van der Waals surface area contributed by atoms with Gasteiger partial charge in [0.2, 0.25) is 5.91 Å². The number of hydrogen-bond acceptors (Lipinski definition) is 4. The third kappa shape index (κ3) is 3.54. The second-order valence-corrected chi connectivity index (χ2v) is 4.97. The lowest BCUT2D eigenvalue weighted by Gasteiger charge is -2.23. The van der Waals surface area contributed by atoms with Gasteiger partial charge < -0.3 is 9.73 Å². The van der Waals surface area contributed by atoms with Crippen LogP contribution in [-0.2, 0) is 10.3 Å². The number of carbonyl (C=O) groups excluding carboxylic acids is 1. The summed E-state index contributed by atoms with van der Waals surface area (Å²) in [5.41, 5.74) is -0.637. The van der Waals surface area contributed by atoms with E-state index in [2.05, 4.69) is 15.3 Å². The van der Waals surface area contributed by atoms with Crippen LogP contribution in [0.5, 0.6) is 0 Å². The molecular formula is C15H17N3O2. The van der Waals surface area contributed by atoms with E-state index in [9.17, 15) is 4.79 Å². The summed E-state index contributed by atoms with van der Waals surface area (Å²) < 4.78 is 5.36. The highest BCUT2D eigenvalue weighted by molar-refractivity contribution is 5.91. The van der Waals surface area contributed by atoms with Gasteiger partial charge in [-0.1, -0.05) is 0 Å². The number of furan rings is 1. The zero-order valence-electron chi connectivity index (χ0n) is 11.8. The fourth-order valence-electron chi connectivity index (χ4n) is 1.73. The highest BCUT2D eigenvalue weighted by atomic mass is 16.3. The maximum atomic E-state index is 11.9. The number of aryl methyl sites for hydroxylation is 1. The van der Waals surface area contributed by atoms with Crippen LogP contribution in [0.3, 0.4) is 0 Å². The summed E-state index contributed by atoms with van der Waals surface area (Å²) in [6, 6.07) is 5.39. The predicted octanol–water partition coefficient (Wildman–Crippen LogP) is 2.44. The average molecular weight is 271 g/mol. The fourth-order valence-corrected chi connectivity index (χ4v) is 1.73. The lowest BCUT2D eigenvalue weighted by Crippen LogP contribution is -2.41. The van der Waals surface area contributed by atoms with Crippen molar-refractivity contribution in [1.29, 1.82) is 0 Å². The van der Waals surface area contributed by atoms with Crippen molar-refractivity contribution >= 4 is 12.0 Å².